The molecule has 17 heavy (non-hydrogen) atoms. The van der Waals surface area contributed by atoms with E-state index in [1.54, 1.807) is 0 Å². The summed E-state index contributed by atoms with van der Waals surface area (Å²) in [5.74, 6) is 0. The zero-order chi connectivity index (χ0) is 13.0. The number of hydrogen-bond acceptors (Lipinski definition) is 3. The van der Waals surface area contributed by atoms with Crippen LogP contribution in [-0.2, 0) is 0 Å². The molecule has 0 aromatic heterocycles. The van der Waals surface area contributed by atoms with Crippen LogP contribution in [0.5, 0.6) is 0 Å². The molecule has 0 aromatic carbocycles. The Bertz CT molecular complexity index is 164. The largest absolute Gasteiger partial charge is 0.396 e. The van der Waals surface area contributed by atoms with Crippen molar-refractivity contribution >= 4 is 0 Å². The fraction of sp³-hybridized carbons (Fsp3) is 1.00. The molecule has 0 aliphatic rings. The number of nitrogens with two attached hydrogens (primary N) is 1. The van der Waals surface area contributed by atoms with Gasteiger partial charge in [0.2, 0.25) is 0 Å². The number of nitrogens with one attached hydrogen (secondary N) is 1. The van der Waals surface area contributed by atoms with E-state index in [0.29, 0.717) is 13.2 Å². The maximum atomic E-state index is 8.70. The van der Waals surface area contributed by atoms with E-state index < -0.39 is 0 Å². The first-order valence-corrected chi connectivity index (χ1v) is 7.24. The lowest BCUT2D eigenvalue weighted by atomic mass is 9.94. The molecule has 4 N–H and O–H groups in total. The molecule has 0 heterocycles. The van der Waals surface area contributed by atoms with Crippen LogP contribution in [0.4, 0.5) is 0 Å². The summed E-state index contributed by atoms with van der Waals surface area (Å²) < 4.78 is 0. The molecular formula is C14H32N2O. The van der Waals surface area contributed by atoms with Gasteiger partial charge in [0, 0.05) is 18.7 Å². The maximum absolute atomic E-state index is 8.70. The first kappa shape index (κ1) is 16.9. The van der Waals surface area contributed by atoms with Crippen molar-refractivity contribution in [2.45, 2.75) is 70.8 Å². The predicted molar refractivity (Wildman–Crippen MR) is 75.2 cm³/mol. The van der Waals surface area contributed by atoms with Crippen molar-refractivity contribution < 1.29 is 5.11 Å². The van der Waals surface area contributed by atoms with E-state index in [-0.39, 0.29) is 5.54 Å². The molecule has 0 spiro atoms. The summed E-state index contributed by atoms with van der Waals surface area (Å²) in [6, 6.07) is 0. The second kappa shape index (κ2) is 11.0. The van der Waals surface area contributed by atoms with Gasteiger partial charge >= 0.3 is 0 Å². The smallest absolute Gasteiger partial charge is 0.0431 e. The second-order valence-electron chi connectivity index (χ2n) is 5.29. The molecule has 0 aliphatic carbocycles. The summed E-state index contributed by atoms with van der Waals surface area (Å²) in [6.07, 6.45) is 9.51. The molecule has 0 aliphatic heterocycles. The standard InChI is InChI=1S/C14H32N2O/c1-3-4-5-7-10-14(2,13-15)16-11-8-6-9-12-17/h16-17H,3-13,15H2,1-2H3. The van der Waals surface area contributed by atoms with Gasteiger partial charge in [-0.15, -0.1) is 0 Å². The van der Waals surface area contributed by atoms with Crippen LogP contribution >= 0.6 is 0 Å². The third kappa shape index (κ3) is 9.57. The Balaban J connectivity index is 3.61. The third-order valence-corrected chi connectivity index (χ3v) is 3.42. The molecule has 0 saturated carbocycles. The van der Waals surface area contributed by atoms with E-state index in [9.17, 15) is 0 Å². The van der Waals surface area contributed by atoms with Crippen molar-refractivity contribution in [3.63, 3.8) is 0 Å². The molecule has 0 bridgehead atoms. The van der Waals surface area contributed by atoms with Crippen LogP contribution < -0.4 is 11.1 Å². The minimum absolute atomic E-state index is 0.104. The van der Waals surface area contributed by atoms with Crippen LogP contribution in [0.15, 0.2) is 0 Å². The molecule has 0 rings (SSSR count). The summed E-state index contributed by atoms with van der Waals surface area (Å²) in [6.45, 7) is 6.50. The van der Waals surface area contributed by atoms with E-state index in [4.69, 9.17) is 10.8 Å². The highest BCUT2D eigenvalue weighted by atomic mass is 16.2. The van der Waals surface area contributed by atoms with E-state index >= 15 is 0 Å². The van der Waals surface area contributed by atoms with Gasteiger partial charge in [0.1, 0.15) is 0 Å². The second-order valence-corrected chi connectivity index (χ2v) is 5.29. The summed E-state index contributed by atoms with van der Waals surface area (Å²) in [5, 5.41) is 12.3. The molecule has 0 aromatic rings. The highest BCUT2D eigenvalue weighted by Gasteiger charge is 2.20. The summed E-state index contributed by atoms with van der Waals surface area (Å²) in [7, 11) is 0. The van der Waals surface area contributed by atoms with Gasteiger partial charge in [-0.3, -0.25) is 0 Å². The monoisotopic (exact) mass is 244 g/mol. The normalized spacial score (nSPS) is 14.8. The van der Waals surface area contributed by atoms with Crippen molar-refractivity contribution in [3.8, 4) is 0 Å². The Morgan fingerprint density at radius 3 is 2.35 bits per heavy atom. The van der Waals surface area contributed by atoms with Crippen molar-refractivity contribution in [1.29, 1.82) is 0 Å². The molecule has 0 saturated heterocycles. The number of rotatable bonds is 12. The van der Waals surface area contributed by atoms with E-state index in [0.717, 1.165) is 25.8 Å². The Hall–Kier alpha value is -0.120. The molecule has 1 atom stereocenters. The van der Waals surface area contributed by atoms with Gasteiger partial charge in [-0.05, 0) is 39.2 Å². The fourth-order valence-electron chi connectivity index (χ4n) is 2.01. The molecule has 3 heteroatoms. The van der Waals surface area contributed by atoms with Crippen LogP contribution in [0, 0.1) is 0 Å². The quantitative estimate of drug-likeness (QED) is 0.462. The van der Waals surface area contributed by atoms with Crippen LogP contribution in [-0.4, -0.2) is 30.3 Å². The topological polar surface area (TPSA) is 58.3 Å². The van der Waals surface area contributed by atoms with Gasteiger partial charge in [-0.25, -0.2) is 0 Å². The lowest BCUT2D eigenvalue weighted by Crippen LogP contribution is -2.48. The zero-order valence-electron chi connectivity index (χ0n) is 11.8. The third-order valence-electron chi connectivity index (χ3n) is 3.42. The number of aliphatic hydroxyl groups is 1. The van der Waals surface area contributed by atoms with Gasteiger partial charge in [0.15, 0.2) is 0 Å². The predicted octanol–water partition coefficient (Wildman–Crippen LogP) is 2.43. The van der Waals surface area contributed by atoms with Crippen molar-refractivity contribution in [1.82, 2.24) is 5.32 Å². The van der Waals surface area contributed by atoms with Gasteiger partial charge in [-0.1, -0.05) is 32.6 Å². The first-order valence-electron chi connectivity index (χ1n) is 7.24. The van der Waals surface area contributed by atoms with Crippen molar-refractivity contribution in [2.24, 2.45) is 5.73 Å². The number of aliphatic hydroxyl groups excluding tert-OH is 1. The van der Waals surface area contributed by atoms with Crippen LogP contribution in [0.25, 0.3) is 0 Å². The molecule has 3 nitrogen and oxygen atoms in total. The highest BCUT2D eigenvalue weighted by Crippen LogP contribution is 2.14. The highest BCUT2D eigenvalue weighted by molar-refractivity contribution is 4.83. The number of hydrogen-bond donors (Lipinski definition) is 3. The molecular weight excluding hydrogens is 212 g/mol. The van der Waals surface area contributed by atoms with Crippen molar-refractivity contribution in [3.05, 3.63) is 0 Å². The lowest BCUT2D eigenvalue weighted by Gasteiger charge is -2.29. The van der Waals surface area contributed by atoms with Gasteiger partial charge in [-0.2, -0.15) is 0 Å². The minimum atomic E-state index is 0.104. The first-order chi connectivity index (χ1) is 8.18. The van der Waals surface area contributed by atoms with Gasteiger partial charge < -0.3 is 16.2 Å². The SMILES string of the molecule is CCCCCCC(C)(CN)NCCCCCO. The van der Waals surface area contributed by atoms with Crippen molar-refractivity contribution in [2.75, 3.05) is 19.7 Å². The van der Waals surface area contributed by atoms with E-state index in [2.05, 4.69) is 19.2 Å². The minimum Gasteiger partial charge on any atom is -0.396 e. The molecule has 0 radical (unpaired) electrons. The summed E-state index contributed by atoms with van der Waals surface area (Å²) in [5.41, 5.74) is 5.96. The summed E-state index contributed by atoms with van der Waals surface area (Å²) in [4.78, 5) is 0. The Kier molecular flexibility index (Phi) is 10.9. The van der Waals surface area contributed by atoms with E-state index in [1.807, 2.05) is 0 Å². The molecule has 0 fully saturated rings. The molecule has 0 amide bonds. The van der Waals surface area contributed by atoms with Crippen LogP contribution in [0.1, 0.15) is 65.2 Å². The van der Waals surface area contributed by atoms with E-state index in [1.165, 1.54) is 32.1 Å². The molecule has 104 valence electrons. The van der Waals surface area contributed by atoms with Gasteiger partial charge in [0.25, 0.3) is 0 Å². The maximum Gasteiger partial charge on any atom is 0.0431 e. The summed E-state index contributed by atoms with van der Waals surface area (Å²) >= 11 is 0. The lowest BCUT2D eigenvalue weighted by molar-refractivity contribution is 0.278. The Morgan fingerprint density at radius 1 is 1.06 bits per heavy atom. The fourth-order valence-corrected chi connectivity index (χ4v) is 2.01. The van der Waals surface area contributed by atoms with Crippen LogP contribution in [0.2, 0.25) is 0 Å². The number of unbranched alkanes of at least 4 members (excludes halogenated alkanes) is 5. The van der Waals surface area contributed by atoms with Crippen LogP contribution in [0.3, 0.4) is 0 Å². The Labute approximate surface area is 107 Å². The van der Waals surface area contributed by atoms with Gasteiger partial charge in [0.05, 0.1) is 0 Å². The Morgan fingerprint density at radius 2 is 1.76 bits per heavy atom. The average Bonchev–Trinajstić information content (AvgIpc) is 2.34. The average molecular weight is 244 g/mol. The zero-order valence-corrected chi connectivity index (χ0v) is 11.8. The molecule has 1 unspecified atom stereocenters.